The number of carboxylic acids is 1. The molecule has 2 aromatic heterocycles. The lowest BCUT2D eigenvalue weighted by molar-refractivity contribution is 0.0696. The molecule has 5 nitrogen and oxygen atoms in total. The van der Waals surface area contributed by atoms with E-state index in [1.54, 1.807) is 22.7 Å². The number of carboxylic acid groups (broad SMARTS) is 1. The lowest BCUT2D eigenvalue weighted by Gasteiger charge is -2.04. The molecule has 0 radical (unpaired) electrons. The third kappa shape index (κ3) is 2.46. The predicted octanol–water partition coefficient (Wildman–Crippen LogP) is 3.71. The van der Waals surface area contributed by atoms with Crippen LogP contribution in [0, 0.1) is 6.92 Å². The minimum atomic E-state index is -1.04. The Kier molecular flexibility index (Phi) is 3.31. The van der Waals surface area contributed by atoms with Crippen LogP contribution >= 0.6 is 23.2 Å². The number of fused-ring (bicyclic) bond motifs is 1. The Balaban J connectivity index is 2.27. The number of carbonyl (C=O) groups is 1. The second-order valence-electron chi connectivity index (χ2n) is 4.52. The molecule has 7 heteroatoms. The predicted molar refractivity (Wildman–Crippen MR) is 80.1 cm³/mol. The fraction of sp³-hybridized carbons (Fsp3) is 0.0714. The highest BCUT2D eigenvalue weighted by atomic mass is 35.5. The molecule has 0 saturated carbocycles. The topological polar surface area (TPSA) is 67.5 Å². The Morgan fingerprint density at radius 2 is 1.86 bits per heavy atom. The summed E-state index contributed by atoms with van der Waals surface area (Å²) >= 11 is 12.1. The summed E-state index contributed by atoms with van der Waals surface area (Å²) < 4.78 is 1.57. The Labute approximate surface area is 129 Å². The molecule has 106 valence electrons. The van der Waals surface area contributed by atoms with E-state index in [1.807, 2.05) is 6.92 Å². The first-order valence-electron chi connectivity index (χ1n) is 6.01. The molecule has 1 aromatic carbocycles. The second kappa shape index (κ2) is 5.02. The molecular weight excluding hydrogens is 313 g/mol. The molecule has 0 amide bonds. The zero-order valence-electron chi connectivity index (χ0n) is 10.8. The number of benzene rings is 1. The number of aryl methyl sites for hydroxylation is 1. The van der Waals surface area contributed by atoms with Crippen LogP contribution in [0.2, 0.25) is 10.0 Å². The number of rotatable bonds is 2. The van der Waals surface area contributed by atoms with Crippen molar-refractivity contribution in [2.75, 3.05) is 0 Å². The molecule has 0 fully saturated rings. The van der Waals surface area contributed by atoms with Crippen molar-refractivity contribution in [1.82, 2.24) is 14.6 Å². The molecule has 0 atom stereocenters. The molecule has 0 spiro atoms. The van der Waals surface area contributed by atoms with E-state index in [-0.39, 0.29) is 5.56 Å². The van der Waals surface area contributed by atoms with Gasteiger partial charge in [-0.3, -0.25) is 0 Å². The lowest BCUT2D eigenvalue weighted by Crippen LogP contribution is -2.01. The van der Waals surface area contributed by atoms with Crippen LogP contribution in [0.25, 0.3) is 16.9 Å². The SMILES string of the molecule is Cc1nc2cc(C(=O)O)cnn2c1-c1cc(Cl)cc(Cl)c1. The minimum absolute atomic E-state index is 0.0863. The average Bonchev–Trinajstić information content (AvgIpc) is 2.72. The first kappa shape index (κ1) is 13.9. The van der Waals surface area contributed by atoms with Gasteiger partial charge in [0.25, 0.3) is 0 Å². The van der Waals surface area contributed by atoms with Crippen molar-refractivity contribution >= 4 is 34.8 Å². The van der Waals surface area contributed by atoms with Gasteiger partial charge in [-0.05, 0) is 31.2 Å². The Bertz CT molecular complexity index is 854. The summed E-state index contributed by atoms with van der Waals surface area (Å²) in [6.45, 7) is 1.82. The van der Waals surface area contributed by atoms with Crippen LogP contribution in [-0.4, -0.2) is 25.7 Å². The zero-order chi connectivity index (χ0) is 15.1. The van der Waals surface area contributed by atoms with Crippen LogP contribution in [0.15, 0.2) is 30.5 Å². The van der Waals surface area contributed by atoms with Crippen molar-refractivity contribution in [3.8, 4) is 11.3 Å². The van der Waals surface area contributed by atoms with Gasteiger partial charge in [0.2, 0.25) is 0 Å². The van der Waals surface area contributed by atoms with E-state index in [4.69, 9.17) is 28.3 Å². The van der Waals surface area contributed by atoms with Crippen LogP contribution in [0.5, 0.6) is 0 Å². The lowest BCUT2D eigenvalue weighted by atomic mass is 10.1. The van der Waals surface area contributed by atoms with Gasteiger partial charge < -0.3 is 5.11 Å². The third-order valence-corrected chi connectivity index (χ3v) is 3.47. The molecule has 0 bridgehead atoms. The summed E-state index contributed by atoms with van der Waals surface area (Å²) in [5.41, 5.74) is 2.75. The van der Waals surface area contributed by atoms with Gasteiger partial charge >= 0.3 is 5.97 Å². The number of nitrogens with zero attached hydrogens (tertiary/aromatic N) is 3. The van der Waals surface area contributed by atoms with Crippen LogP contribution in [0.3, 0.4) is 0 Å². The van der Waals surface area contributed by atoms with E-state index in [9.17, 15) is 4.79 Å². The molecule has 2 heterocycles. The van der Waals surface area contributed by atoms with Gasteiger partial charge in [-0.2, -0.15) is 5.10 Å². The van der Waals surface area contributed by atoms with E-state index < -0.39 is 5.97 Å². The highest BCUT2D eigenvalue weighted by molar-refractivity contribution is 6.35. The molecule has 21 heavy (non-hydrogen) atoms. The van der Waals surface area contributed by atoms with Crippen LogP contribution in [-0.2, 0) is 0 Å². The van der Waals surface area contributed by atoms with Crippen LogP contribution in [0.1, 0.15) is 16.1 Å². The Morgan fingerprint density at radius 3 is 2.48 bits per heavy atom. The maximum absolute atomic E-state index is 11.0. The molecule has 0 unspecified atom stereocenters. The summed E-state index contributed by atoms with van der Waals surface area (Å²) in [7, 11) is 0. The molecular formula is C14H9Cl2N3O2. The fourth-order valence-corrected chi connectivity index (χ4v) is 2.71. The monoisotopic (exact) mass is 321 g/mol. The van der Waals surface area contributed by atoms with Gasteiger partial charge in [-0.1, -0.05) is 23.2 Å². The molecule has 0 aliphatic carbocycles. The molecule has 3 aromatic rings. The number of imidazole rings is 1. The van der Waals surface area contributed by atoms with Gasteiger partial charge in [-0.15, -0.1) is 0 Å². The molecule has 0 saturated heterocycles. The van der Waals surface area contributed by atoms with Crippen molar-refractivity contribution in [1.29, 1.82) is 0 Å². The van der Waals surface area contributed by atoms with Gasteiger partial charge in [0.1, 0.15) is 0 Å². The van der Waals surface area contributed by atoms with E-state index in [2.05, 4.69) is 10.1 Å². The molecule has 1 N–H and O–H groups in total. The summed E-state index contributed by atoms with van der Waals surface area (Å²) in [4.78, 5) is 15.3. The molecule has 0 aliphatic rings. The number of aromatic nitrogens is 3. The summed E-state index contributed by atoms with van der Waals surface area (Å²) in [5.74, 6) is -1.04. The largest absolute Gasteiger partial charge is 0.478 e. The van der Waals surface area contributed by atoms with Gasteiger partial charge in [0, 0.05) is 15.6 Å². The van der Waals surface area contributed by atoms with E-state index in [0.29, 0.717) is 21.4 Å². The van der Waals surface area contributed by atoms with Gasteiger partial charge in [0.05, 0.1) is 23.1 Å². The number of aromatic carboxylic acids is 1. The van der Waals surface area contributed by atoms with Crippen molar-refractivity contribution in [2.24, 2.45) is 0 Å². The molecule has 3 rings (SSSR count). The van der Waals surface area contributed by atoms with Crippen LogP contribution in [0.4, 0.5) is 0 Å². The summed E-state index contributed by atoms with van der Waals surface area (Å²) in [5, 5.41) is 14.2. The fourth-order valence-electron chi connectivity index (χ4n) is 2.19. The first-order chi connectivity index (χ1) is 9.95. The number of halogens is 2. The van der Waals surface area contributed by atoms with Crippen molar-refractivity contribution in [2.45, 2.75) is 6.92 Å². The highest BCUT2D eigenvalue weighted by Crippen LogP contribution is 2.29. The standard InChI is InChI=1S/C14H9Cl2N3O2/c1-7-13(8-2-10(15)5-11(16)3-8)19-12(18-7)4-9(6-17-19)14(20)21/h2-6H,1H3,(H,20,21). The summed E-state index contributed by atoms with van der Waals surface area (Å²) in [6, 6.07) is 6.63. The Hall–Kier alpha value is -2.11. The van der Waals surface area contributed by atoms with Crippen molar-refractivity contribution in [3.05, 3.63) is 51.8 Å². The van der Waals surface area contributed by atoms with E-state index in [1.165, 1.54) is 12.3 Å². The van der Waals surface area contributed by atoms with E-state index in [0.717, 1.165) is 11.3 Å². The third-order valence-electron chi connectivity index (χ3n) is 3.03. The maximum atomic E-state index is 11.0. The maximum Gasteiger partial charge on any atom is 0.337 e. The number of hydrogen-bond acceptors (Lipinski definition) is 3. The first-order valence-corrected chi connectivity index (χ1v) is 6.76. The van der Waals surface area contributed by atoms with Crippen molar-refractivity contribution in [3.63, 3.8) is 0 Å². The summed E-state index contributed by atoms with van der Waals surface area (Å²) in [6.07, 6.45) is 1.28. The van der Waals surface area contributed by atoms with E-state index >= 15 is 0 Å². The molecule has 0 aliphatic heterocycles. The average molecular weight is 322 g/mol. The van der Waals surface area contributed by atoms with Gasteiger partial charge in [0.15, 0.2) is 5.65 Å². The quantitative estimate of drug-likeness (QED) is 0.781. The normalized spacial score (nSPS) is 11.0. The Morgan fingerprint density at radius 1 is 1.19 bits per heavy atom. The van der Waals surface area contributed by atoms with Crippen molar-refractivity contribution < 1.29 is 9.90 Å². The van der Waals surface area contributed by atoms with Crippen LogP contribution < -0.4 is 0 Å². The smallest absolute Gasteiger partial charge is 0.337 e. The van der Waals surface area contributed by atoms with Gasteiger partial charge in [-0.25, -0.2) is 14.3 Å². The zero-order valence-corrected chi connectivity index (χ0v) is 12.4. The number of hydrogen-bond donors (Lipinski definition) is 1. The second-order valence-corrected chi connectivity index (χ2v) is 5.40. The minimum Gasteiger partial charge on any atom is -0.478 e. The highest BCUT2D eigenvalue weighted by Gasteiger charge is 2.15.